The molecule has 4 nitrogen and oxygen atoms in total. The number of nitrogens with zero attached hydrogens (tertiary/aromatic N) is 1. The third kappa shape index (κ3) is 4.08. The van der Waals surface area contributed by atoms with Gasteiger partial charge in [-0.25, -0.2) is 0 Å². The average Bonchev–Trinajstić information content (AvgIpc) is 2.27. The maximum absolute atomic E-state index is 11.4. The van der Waals surface area contributed by atoms with E-state index in [9.17, 15) is 4.79 Å². The second kappa shape index (κ2) is 6.14. The summed E-state index contributed by atoms with van der Waals surface area (Å²) in [7, 11) is 0. The molecule has 1 heterocycles. The smallest absolute Gasteiger partial charge is 0.220 e. The Kier molecular flexibility index (Phi) is 4.77. The predicted molar refractivity (Wildman–Crippen MR) is 59.1 cm³/mol. The van der Waals surface area contributed by atoms with Crippen LogP contribution in [0.4, 0.5) is 0 Å². The number of hydrogen-bond donors (Lipinski definition) is 2. The van der Waals surface area contributed by atoms with Crippen LogP contribution in [0.15, 0.2) is 24.4 Å². The van der Waals surface area contributed by atoms with Gasteiger partial charge in [0, 0.05) is 12.6 Å². The van der Waals surface area contributed by atoms with Crippen LogP contribution in [0.5, 0.6) is 0 Å². The summed E-state index contributed by atoms with van der Waals surface area (Å²) in [6.45, 7) is 2.47. The fourth-order valence-corrected chi connectivity index (χ4v) is 1.28. The van der Waals surface area contributed by atoms with E-state index in [-0.39, 0.29) is 11.9 Å². The van der Waals surface area contributed by atoms with Gasteiger partial charge in [-0.05, 0) is 32.0 Å². The molecule has 0 aliphatic carbocycles. The number of aromatic nitrogens is 1. The van der Waals surface area contributed by atoms with E-state index in [1.165, 1.54) is 0 Å². The zero-order chi connectivity index (χ0) is 11.1. The summed E-state index contributed by atoms with van der Waals surface area (Å²) in [5.74, 6) is 0.0265. The summed E-state index contributed by atoms with van der Waals surface area (Å²) in [5.41, 5.74) is 6.20. The third-order valence-corrected chi connectivity index (χ3v) is 2.12. The Balaban J connectivity index is 2.42. The highest BCUT2D eigenvalue weighted by Gasteiger charge is 2.09. The maximum atomic E-state index is 11.4. The monoisotopic (exact) mass is 207 g/mol. The van der Waals surface area contributed by atoms with Crippen molar-refractivity contribution < 1.29 is 4.79 Å². The Bertz CT molecular complexity index is 300. The van der Waals surface area contributed by atoms with Crippen molar-refractivity contribution in [1.82, 2.24) is 10.3 Å². The van der Waals surface area contributed by atoms with E-state index in [1.54, 1.807) is 6.20 Å². The molecule has 0 aromatic carbocycles. The van der Waals surface area contributed by atoms with Crippen molar-refractivity contribution in [2.24, 2.45) is 5.73 Å². The Morgan fingerprint density at radius 3 is 3.00 bits per heavy atom. The van der Waals surface area contributed by atoms with Crippen LogP contribution in [0, 0.1) is 0 Å². The molecule has 0 aliphatic heterocycles. The van der Waals surface area contributed by atoms with E-state index >= 15 is 0 Å². The number of pyridine rings is 1. The Labute approximate surface area is 89.9 Å². The standard InChI is InChI=1S/C11H17N3O/c1-9(10-5-2-3-8-13-10)14-11(15)6-4-7-12/h2-3,5,8-9H,4,6-7,12H2,1H3,(H,14,15)/t9-/m0/s1. The van der Waals surface area contributed by atoms with Crippen molar-refractivity contribution in [1.29, 1.82) is 0 Å². The van der Waals surface area contributed by atoms with E-state index in [0.29, 0.717) is 13.0 Å². The van der Waals surface area contributed by atoms with Gasteiger partial charge in [-0.3, -0.25) is 9.78 Å². The lowest BCUT2D eigenvalue weighted by Gasteiger charge is -2.12. The third-order valence-electron chi connectivity index (χ3n) is 2.12. The van der Waals surface area contributed by atoms with Crippen molar-refractivity contribution >= 4 is 5.91 Å². The van der Waals surface area contributed by atoms with Gasteiger partial charge in [0.1, 0.15) is 0 Å². The quantitative estimate of drug-likeness (QED) is 0.756. The Hall–Kier alpha value is -1.42. The van der Waals surface area contributed by atoms with Crippen molar-refractivity contribution in [2.45, 2.75) is 25.8 Å². The van der Waals surface area contributed by atoms with Gasteiger partial charge in [0.2, 0.25) is 5.91 Å². The van der Waals surface area contributed by atoms with Crippen LogP contribution in [0.2, 0.25) is 0 Å². The molecule has 1 rings (SSSR count). The normalized spacial score (nSPS) is 12.1. The molecule has 82 valence electrons. The van der Waals surface area contributed by atoms with Crippen molar-refractivity contribution in [3.63, 3.8) is 0 Å². The van der Waals surface area contributed by atoms with Gasteiger partial charge >= 0.3 is 0 Å². The van der Waals surface area contributed by atoms with Crippen LogP contribution in [0.3, 0.4) is 0 Å². The van der Waals surface area contributed by atoms with Crippen molar-refractivity contribution in [3.05, 3.63) is 30.1 Å². The number of rotatable bonds is 5. The minimum Gasteiger partial charge on any atom is -0.348 e. The molecule has 0 unspecified atom stereocenters. The second-order valence-electron chi connectivity index (χ2n) is 3.44. The molecule has 0 aliphatic rings. The summed E-state index contributed by atoms with van der Waals surface area (Å²) in [6.07, 6.45) is 2.92. The van der Waals surface area contributed by atoms with Crippen LogP contribution in [0.25, 0.3) is 0 Å². The molecule has 4 heteroatoms. The fourth-order valence-electron chi connectivity index (χ4n) is 1.28. The van der Waals surface area contributed by atoms with Crippen LogP contribution >= 0.6 is 0 Å². The van der Waals surface area contributed by atoms with Gasteiger partial charge in [0.05, 0.1) is 11.7 Å². The summed E-state index contributed by atoms with van der Waals surface area (Å²) in [6, 6.07) is 5.61. The van der Waals surface area contributed by atoms with E-state index < -0.39 is 0 Å². The van der Waals surface area contributed by atoms with Gasteiger partial charge in [0.25, 0.3) is 0 Å². The minimum atomic E-state index is -0.0449. The van der Waals surface area contributed by atoms with Gasteiger partial charge in [-0.15, -0.1) is 0 Å². The highest BCUT2D eigenvalue weighted by molar-refractivity contribution is 5.76. The van der Waals surface area contributed by atoms with Crippen LogP contribution in [0.1, 0.15) is 31.5 Å². The summed E-state index contributed by atoms with van der Waals surface area (Å²) >= 11 is 0. The highest BCUT2D eigenvalue weighted by atomic mass is 16.1. The average molecular weight is 207 g/mol. The summed E-state index contributed by atoms with van der Waals surface area (Å²) in [4.78, 5) is 15.6. The predicted octanol–water partition coefficient (Wildman–Crippen LogP) is 0.998. The molecule has 0 saturated heterocycles. The number of nitrogens with two attached hydrogens (primary N) is 1. The molecule has 0 saturated carbocycles. The molecular weight excluding hydrogens is 190 g/mol. The van der Waals surface area contributed by atoms with Crippen molar-refractivity contribution in [2.75, 3.05) is 6.54 Å². The van der Waals surface area contributed by atoms with Crippen LogP contribution in [-0.4, -0.2) is 17.4 Å². The lowest BCUT2D eigenvalue weighted by molar-refractivity contribution is -0.121. The lowest BCUT2D eigenvalue weighted by Crippen LogP contribution is -2.27. The van der Waals surface area contributed by atoms with Gasteiger partial charge in [-0.1, -0.05) is 6.07 Å². The molecule has 0 radical (unpaired) electrons. The molecular formula is C11H17N3O. The first-order chi connectivity index (χ1) is 7.24. The molecule has 1 atom stereocenters. The molecule has 0 spiro atoms. The van der Waals surface area contributed by atoms with E-state index in [1.807, 2.05) is 25.1 Å². The Morgan fingerprint density at radius 2 is 2.40 bits per heavy atom. The van der Waals surface area contributed by atoms with Crippen LogP contribution < -0.4 is 11.1 Å². The summed E-state index contributed by atoms with van der Waals surface area (Å²) < 4.78 is 0. The van der Waals surface area contributed by atoms with Crippen molar-refractivity contribution in [3.8, 4) is 0 Å². The topological polar surface area (TPSA) is 68.0 Å². The van der Waals surface area contributed by atoms with Gasteiger partial charge in [0.15, 0.2) is 0 Å². The summed E-state index contributed by atoms with van der Waals surface area (Å²) in [5, 5.41) is 2.87. The van der Waals surface area contributed by atoms with E-state index in [2.05, 4.69) is 10.3 Å². The van der Waals surface area contributed by atoms with Crippen LogP contribution in [-0.2, 0) is 4.79 Å². The molecule has 3 N–H and O–H groups in total. The lowest BCUT2D eigenvalue weighted by atomic mass is 10.2. The molecule has 1 aromatic heterocycles. The molecule has 0 fully saturated rings. The number of carbonyl (C=O) groups is 1. The number of carbonyl (C=O) groups excluding carboxylic acids is 1. The van der Waals surface area contributed by atoms with Gasteiger partial charge < -0.3 is 11.1 Å². The zero-order valence-corrected chi connectivity index (χ0v) is 8.94. The maximum Gasteiger partial charge on any atom is 0.220 e. The second-order valence-corrected chi connectivity index (χ2v) is 3.44. The molecule has 15 heavy (non-hydrogen) atoms. The SMILES string of the molecule is C[C@H](NC(=O)CCCN)c1ccccn1. The Morgan fingerprint density at radius 1 is 1.60 bits per heavy atom. The molecule has 1 amide bonds. The zero-order valence-electron chi connectivity index (χ0n) is 8.94. The first-order valence-electron chi connectivity index (χ1n) is 5.14. The first kappa shape index (κ1) is 11.7. The molecule has 1 aromatic rings. The number of nitrogens with one attached hydrogen (secondary N) is 1. The van der Waals surface area contributed by atoms with E-state index in [0.717, 1.165) is 12.1 Å². The molecule has 0 bridgehead atoms. The largest absolute Gasteiger partial charge is 0.348 e. The van der Waals surface area contributed by atoms with E-state index in [4.69, 9.17) is 5.73 Å². The highest BCUT2D eigenvalue weighted by Crippen LogP contribution is 2.07. The number of amides is 1. The van der Waals surface area contributed by atoms with Gasteiger partial charge in [-0.2, -0.15) is 0 Å². The first-order valence-corrected chi connectivity index (χ1v) is 5.14. The minimum absolute atomic E-state index is 0.0265. The number of hydrogen-bond acceptors (Lipinski definition) is 3. The fraction of sp³-hybridized carbons (Fsp3) is 0.455.